The third kappa shape index (κ3) is 3.74. The summed E-state index contributed by atoms with van der Waals surface area (Å²) in [4.78, 5) is 18.2. The molecule has 0 aliphatic heterocycles. The summed E-state index contributed by atoms with van der Waals surface area (Å²) in [6.07, 6.45) is 6.14. The standard InChI is InChI=1S/C19H20Cl2N2O3/c1-11-14(19(24)23-21)10-22-18(17(11)20)12-7-8-15(25-2)16(9-12)26-13-5-3-4-6-13/h7-10,13H,3-6H2,1-2H3,(H,23,24). The molecule has 2 aromatic rings. The smallest absolute Gasteiger partial charge is 0.267 e. The quantitative estimate of drug-likeness (QED) is 0.730. The average molecular weight is 395 g/mol. The molecule has 7 heteroatoms. The van der Waals surface area contributed by atoms with Crippen molar-refractivity contribution in [2.24, 2.45) is 0 Å². The summed E-state index contributed by atoms with van der Waals surface area (Å²) in [5.41, 5.74) is 2.33. The van der Waals surface area contributed by atoms with Gasteiger partial charge >= 0.3 is 0 Å². The highest BCUT2D eigenvalue weighted by Crippen LogP contribution is 2.37. The van der Waals surface area contributed by atoms with E-state index >= 15 is 0 Å². The van der Waals surface area contributed by atoms with Crippen molar-refractivity contribution >= 4 is 29.3 Å². The van der Waals surface area contributed by atoms with E-state index in [0.717, 1.165) is 18.4 Å². The fraction of sp³-hybridized carbons (Fsp3) is 0.368. The number of amides is 1. The van der Waals surface area contributed by atoms with E-state index in [1.54, 1.807) is 14.0 Å². The van der Waals surface area contributed by atoms with Gasteiger partial charge in [-0.15, -0.1) is 0 Å². The van der Waals surface area contributed by atoms with Crippen LogP contribution in [0, 0.1) is 6.92 Å². The fourth-order valence-electron chi connectivity index (χ4n) is 3.16. The highest BCUT2D eigenvalue weighted by Gasteiger charge is 2.20. The van der Waals surface area contributed by atoms with Gasteiger partial charge in [0.2, 0.25) is 0 Å². The van der Waals surface area contributed by atoms with Gasteiger partial charge in [0, 0.05) is 23.5 Å². The Hall–Kier alpha value is -1.98. The van der Waals surface area contributed by atoms with E-state index in [-0.39, 0.29) is 6.10 Å². The number of aromatic nitrogens is 1. The molecule has 1 aromatic carbocycles. The average Bonchev–Trinajstić information content (AvgIpc) is 3.16. The van der Waals surface area contributed by atoms with Gasteiger partial charge in [0.05, 0.1) is 29.5 Å². The van der Waals surface area contributed by atoms with Crippen LogP contribution in [-0.4, -0.2) is 24.1 Å². The Kier molecular flexibility index (Phi) is 5.89. The largest absolute Gasteiger partial charge is 0.493 e. The summed E-state index contributed by atoms with van der Waals surface area (Å²) in [5, 5.41) is 0.403. The molecule has 1 aromatic heterocycles. The molecule has 0 saturated heterocycles. The molecule has 1 fully saturated rings. The topological polar surface area (TPSA) is 60.5 Å². The predicted molar refractivity (Wildman–Crippen MR) is 102 cm³/mol. The van der Waals surface area contributed by atoms with Crippen LogP contribution in [0.15, 0.2) is 24.4 Å². The molecule has 1 heterocycles. The number of carbonyl (C=O) groups excluding carboxylic acids is 1. The van der Waals surface area contributed by atoms with E-state index in [4.69, 9.17) is 32.9 Å². The lowest BCUT2D eigenvalue weighted by atomic mass is 10.1. The Bertz CT molecular complexity index is 821. The molecule has 1 N–H and O–H groups in total. The van der Waals surface area contributed by atoms with Gasteiger partial charge in [-0.25, -0.2) is 0 Å². The van der Waals surface area contributed by atoms with E-state index in [1.165, 1.54) is 19.0 Å². The molecule has 1 aliphatic carbocycles. The highest BCUT2D eigenvalue weighted by molar-refractivity contribution is 6.34. The molecule has 1 saturated carbocycles. The van der Waals surface area contributed by atoms with Crippen molar-refractivity contribution in [3.05, 3.63) is 40.5 Å². The van der Waals surface area contributed by atoms with E-state index in [1.807, 2.05) is 18.2 Å². The lowest BCUT2D eigenvalue weighted by Gasteiger charge is -2.17. The zero-order valence-corrected chi connectivity index (χ0v) is 16.2. The minimum Gasteiger partial charge on any atom is -0.493 e. The summed E-state index contributed by atoms with van der Waals surface area (Å²) < 4.78 is 11.6. The van der Waals surface area contributed by atoms with Crippen molar-refractivity contribution < 1.29 is 14.3 Å². The minimum atomic E-state index is -0.440. The Morgan fingerprint density at radius 2 is 2.00 bits per heavy atom. The second kappa shape index (κ2) is 8.14. The van der Waals surface area contributed by atoms with Crippen LogP contribution in [0.5, 0.6) is 11.5 Å². The molecule has 0 radical (unpaired) electrons. The number of pyridine rings is 1. The Morgan fingerprint density at radius 1 is 1.27 bits per heavy atom. The first kappa shape index (κ1) is 18.8. The van der Waals surface area contributed by atoms with Crippen LogP contribution in [0.1, 0.15) is 41.6 Å². The predicted octanol–water partition coefficient (Wildman–Crippen LogP) is 4.92. The van der Waals surface area contributed by atoms with Gasteiger partial charge in [0.1, 0.15) is 0 Å². The normalized spacial score (nSPS) is 14.3. The number of nitrogens with one attached hydrogen (secondary N) is 1. The summed E-state index contributed by atoms with van der Waals surface area (Å²) in [5.74, 6) is 0.909. The third-order valence-corrected chi connectivity index (χ3v) is 5.26. The molecule has 26 heavy (non-hydrogen) atoms. The van der Waals surface area contributed by atoms with Gasteiger partial charge in [-0.1, -0.05) is 11.6 Å². The number of benzene rings is 1. The van der Waals surface area contributed by atoms with Gasteiger partial charge < -0.3 is 9.47 Å². The van der Waals surface area contributed by atoms with Gasteiger partial charge in [-0.3, -0.25) is 14.6 Å². The van der Waals surface area contributed by atoms with Crippen LogP contribution >= 0.6 is 23.4 Å². The molecule has 3 rings (SSSR count). The zero-order chi connectivity index (χ0) is 18.7. The molecule has 0 atom stereocenters. The Morgan fingerprint density at radius 3 is 2.65 bits per heavy atom. The second-order valence-corrected chi connectivity index (χ2v) is 6.84. The van der Waals surface area contributed by atoms with Crippen LogP contribution in [0.4, 0.5) is 0 Å². The Labute approximate surface area is 162 Å². The molecule has 0 unspecified atom stereocenters. The molecule has 138 valence electrons. The SMILES string of the molecule is COc1ccc(-c2ncc(C(=O)NCl)c(C)c2Cl)cc1OC1CCCC1. The van der Waals surface area contributed by atoms with Crippen LogP contribution in [0.2, 0.25) is 5.02 Å². The maximum Gasteiger partial charge on any atom is 0.267 e. The van der Waals surface area contributed by atoms with E-state index in [0.29, 0.717) is 33.3 Å². The lowest BCUT2D eigenvalue weighted by molar-refractivity contribution is 0.0981. The van der Waals surface area contributed by atoms with Gasteiger partial charge in [-0.2, -0.15) is 0 Å². The van der Waals surface area contributed by atoms with E-state index in [2.05, 4.69) is 9.82 Å². The van der Waals surface area contributed by atoms with Gasteiger partial charge in [-0.05, 0) is 56.4 Å². The van der Waals surface area contributed by atoms with Crippen molar-refractivity contribution in [3.63, 3.8) is 0 Å². The maximum absolute atomic E-state index is 11.8. The molecule has 5 nitrogen and oxygen atoms in total. The zero-order valence-electron chi connectivity index (χ0n) is 14.6. The van der Waals surface area contributed by atoms with Gasteiger partial charge in [0.25, 0.3) is 5.91 Å². The number of nitrogens with zero attached hydrogens (tertiary/aromatic N) is 1. The van der Waals surface area contributed by atoms with Gasteiger partial charge in [0.15, 0.2) is 11.5 Å². The number of hydrogen-bond donors (Lipinski definition) is 1. The van der Waals surface area contributed by atoms with E-state index in [9.17, 15) is 4.79 Å². The number of methoxy groups -OCH3 is 1. The first-order valence-electron chi connectivity index (χ1n) is 8.46. The van der Waals surface area contributed by atoms with Crippen LogP contribution in [-0.2, 0) is 0 Å². The second-order valence-electron chi connectivity index (χ2n) is 6.27. The fourth-order valence-corrected chi connectivity index (χ4v) is 3.52. The summed E-state index contributed by atoms with van der Waals surface area (Å²) in [7, 11) is 1.62. The van der Waals surface area contributed by atoms with Crippen LogP contribution in [0.25, 0.3) is 11.3 Å². The summed E-state index contributed by atoms with van der Waals surface area (Å²) in [6.45, 7) is 1.76. The molecule has 1 amide bonds. The van der Waals surface area contributed by atoms with Crippen molar-refractivity contribution in [2.45, 2.75) is 38.7 Å². The monoisotopic (exact) mass is 394 g/mol. The Balaban J connectivity index is 1.98. The summed E-state index contributed by atoms with van der Waals surface area (Å²) in [6, 6.07) is 5.59. The number of carbonyl (C=O) groups is 1. The van der Waals surface area contributed by atoms with Crippen molar-refractivity contribution in [2.75, 3.05) is 7.11 Å². The van der Waals surface area contributed by atoms with Crippen LogP contribution in [0.3, 0.4) is 0 Å². The number of rotatable bonds is 5. The van der Waals surface area contributed by atoms with Crippen LogP contribution < -0.4 is 14.3 Å². The first-order valence-corrected chi connectivity index (χ1v) is 9.22. The first-order chi connectivity index (χ1) is 12.5. The maximum atomic E-state index is 11.8. The van der Waals surface area contributed by atoms with Crippen molar-refractivity contribution in [1.29, 1.82) is 0 Å². The minimum absolute atomic E-state index is 0.208. The molecule has 0 spiro atoms. The third-order valence-electron chi connectivity index (χ3n) is 4.63. The molecular weight excluding hydrogens is 375 g/mol. The lowest BCUT2D eigenvalue weighted by Crippen LogP contribution is -2.15. The van der Waals surface area contributed by atoms with Crippen molar-refractivity contribution in [1.82, 2.24) is 9.82 Å². The number of hydrogen-bond acceptors (Lipinski definition) is 4. The number of ether oxygens (including phenoxy) is 2. The molecule has 1 aliphatic rings. The summed E-state index contributed by atoms with van der Waals surface area (Å²) >= 11 is 11.9. The number of halogens is 2. The molecule has 0 bridgehead atoms. The van der Waals surface area contributed by atoms with Crippen molar-refractivity contribution in [3.8, 4) is 22.8 Å². The highest BCUT2D eigenvalue weighted by atomic mass is 35.5. The van der Waals surface area contributed by atoms with E-state index < -0.39 is 5.91 Å². The molecular formula is C19H20Cl2N2O3.